The molecule has 0 radical (unpaired) electrons. The standard InChI is InChI=1S/C15H30N4O2/c1-16-15(17-7-4-8-19(2)9-10-20-3)18-13-11-12-5-6-14(13)21-12/h12-14H,4-11H2,1-3H3,(H2,16,17,18). The topological polar surface area (TPSA) is 58.1 Å². The van der Waals surface area contributed by atoms with Crippen LogP contribution in [0.4, 0.5) is 0 Å². The Morgan fingerprint density at radius 1 is 1.38 bits per heavy atom. The molecule has 0 aromatic carbocycles. The largest absolute Gasteiger partial charge is 0.383 e. The van der Waals surface area contributed by atoms with Crippen LogP contribution in [0.2, 0.25) is 0 Å². The fourth-order valence-electron chi connectivity index (χ4n) is 3.07. The van der Waals surface area contributed by atoms with E-state index in [4.69, 9.17) is 9.47 Å². The summed E-state index contributed by atoms with van der Waals surface area (Å²) >= 11 is 0. The lowest BCUT2D eigenvalue weighted by molar-refractivity contribution is 0.0992. The summed E-state index contributed by atoms with van der Waals surface area (Å²) in [6.07, 6.45) is 5.47. The fourth-order valence-corrected chi connectivity index (χ4v) is 3.07. The Hall–Kier alpha value is -0.850. The second-order valence-electron chi connectivity index (χ2n) is 6.01. The van der Waals surface area contributed by atoms with E-state index in [1.807, 2.05) is 7.05 Å². The fraction of sp³-hybridized carbons (Fsp3) is 0.933. The minimum Gasteiger partial charge on any atom is -0.383 e. The van der Waals surface area contributed by atoms with Crippen molar-refractivity contribution in [3.8, 4) is 0 Å². The Kier molecular flexibility index (Phi) is 6.73. The number of nitrogens with one attached hydrogen (secondary N) is 2. The van der Waals surface area contributed by atoms with Gasteiger partial charge in [0.05, 0.1) is 24.9 Å². The number of likely N-dealkylation sites (N-methyl/N-ethyl adjacent to an activating group) is 1. The van der Waals surface area contributed by atoms with E-state index in [0.717, 1.165) is 45.0 Å². The van der Waals surface area contributed by atoms with Gasteiger partial charge < -0.3 is 25.0 Å². The van der Waals surface area contributed by atoms with E-state index >= 15 is 0 Å². The molecule has 0 spiro atoms. The molecule has 2 aliphatic rings. The Bertz CT molecular complexity index is 338. The highest BCUT2D eigenvalue weighted by Gasteiger charge is 2.40. The van der Waals surface area contributed by atoms with Crippen molar-refractivity contribution in [2.75, 3.05) is 47.4 Å². The van der Waals surface area contributed by atoms with E-state index in [1.54, 1.807) is 7.11 Å². The molecule has 122 valence electrons. The van der Waals surface area contributed by atoms with Crippen LogP contribution in [0, 0.1) is 0 Å². The van der Waals surface area contributed by atoms with Crippen LogP contribution in [-0.2, 0) is 9.47 Å². The predicted molar refractivity (Wildman–Crippen MR) is 84.8 cm³/mol. The SMILES string of the molecule is CN=C(NCCCN(C)CCOC)NC1CC2CCC1O2. The average Bonchev–Trinajstić information content (AvgIpc) is 3.10. The maximum atomic E-state index is 5.86. The molecule has 0 amide bonds. The van der Waals surface area contributed by atoms with Gasteiger partial charge in [0.15, 0.2) is 5.96 Å². The van der Waals surface area contributed by atoms with Crippen molar-refractivity contribution in [1.29, 1.82) is 0 Å². The van der Waals surface area contributed by atoms with Gasteiger partial charge in [-0.1, -0.05) is 0 Å². The molecule has 6 heteroatoms. The summed E-state index contributed by atoms with van der Waals surface area (Å²) in [7, 11) is 5.69. The van der Waals surface area contributed by atoms with E-state index < -0.39 is 0 Å². The number of rotatable bonds is 8. The van der Waals surface area contributed by atoms with Crippen LogP contribution in [0.3, 0.4) is 0 Å². The molecule has 2 bridgehead atoms. The summed E-state index contributed by atoms with van der Waals surface area (Å²) in [5.74, 6) is 0.899. The van der Waals surface area contributed by atoms with Crippen molar-refractivity contribution >= 4 is 5.96 Å². The second kappa shape index (κ2) is 8.56. The van der Waals surface area contributed by atoms with Gasteiger partial charge in [0.25, 0.3) is 0 Å². The van der Waals surface area contributed by atoms with Gasteiger partial charge in [-0.05, 0) is 39.3 Å². The monoisotopic (exact) mass is 298 g/mol. The lowest BCUT2D eigenvalue weighted by atomic mass is 9.96. The van der Waals surface area contributed by atoms with Crippen LogP contribution >= 0.6 is 0 Å². The molecule has 2 heterocycles. The molecular formula is C15H30N4O2. The number of hydrogen-bond acceptors (Lipinski definition) is 4. The number of fused-ring (bicyclic) bond motifs is 2. The second-order valence-corrected chi connectivity index (χ2v) is 6.01. The first-order valence-corrected chi connectivity index (χ1v) is 8.03. The maximum Gasteiger partial charge on any atom is 0.191 e. The maximum absolute atomic E-state index is 5.86. The Balaban J connectivity index is 1.58. The van der Waals surface area contributed by atoms with Gasteiger partial charge in [-0.3, -0.25) is 4.99 Å². The molecule has 21 heavy (non-hydrogen) atoms. The summed E-state index contributed by atoms with van der Waals surface area (Å²) in [6, 6.07) is 0.430. The van der Waals surface area contributed by atoms with Crippen molar-refractivity contribution in [3.05, 3.63) is 0 Å². The minimum atomic E-state index is 0.383. The number of aliphatic imine (C=N–C) groups is 1. The van der Waals surface area contributed by atoms with Crippen LogP contribution in [0.25, 0.3) is 0 Å². The molecule has 3 atom stereocenters. The van der Waals surface area contributed by atoms with Gasteiger partial charge in [0.1, 0.15) is 0 Å². The van der Waals surface area contributed by atoms with Crippen LogP contribution in [0.15, 0.2) is 4.99 Å². The molecule has 2 fully saturated rings. The molecule has 2 rings (SSSR count). The lowest BCUT2D eigenvalue weighted by Gasteiger charge is -2.23. The van der Waals surface area contributed by atoms with Gasteiger partial charge in [-0.15, -0.1) is 0 Å². The highest BCUT2D eigenvalue weighted by atomic mass is 16.5. The molecule has 0 aliphatic carbocycles. The summed E-state index contributed by atoms with van der Waals surface area (Å²) in [5.41, 5.74) is 0. The summed E-state index contributed by atoms with van der Waals surface area (Å²) < 4.78 is 10.9. The van der Waals surface area contributed by atoms with E-state index in [0.29, 0.717) is 18.2 Å². The molecule has 0 aromatic rings. The Labute approximate surface area is 128 Å². The smallest absolute Gasteiger partial charge is 0.191 e. The first-order chi connectivity index (χ1) is 10.2. The average molecular weight is 298 g/mol. The summed E-state index contributed by atoms with van der Waals surface area (Å²) in [6.45, 7) is 3.76. The molecule has 2 N–H and O–H groups in total. The molecule has 6 nitrogen and oxygen atoms in total. The third-order valence-electron chi connectivity index (χ3n) is 4.34. The van der Waals surface area contributed by atoms with Crippen LogP contribution in [0.1, 0.15) is 25.7 Å². The number of methoxy groups -OCH3 is 1. The highest BCUT2D eigenvalue weighted by Crippen LogP contribution is 2.34. The highest BCUT2D eigenvalue weighted by molar-refractivity contribution is 5.80. The first-order valence-electron chi connectivity index (χ1n) is 8.03. The van der Waals surface area contributed by atoms with Gasteiger partial charge >= 0.3 is 0 Å². The van der Waals surface area contributed by atoms with Crippen LogP contribution in [-0.4, -0.2) is 76.6 Å². The summed E-state index contributed by atoms with van der Waals surface area (Å²) in [4.78, 5) is 6.59. The zero-order chi connectivity index (χ0) is 15.1. The summed E-state index contributed by atoms with van der Waals surface area (Å²) in [5, 5.41) is 6.89. The van der Waals surface area contributed by atoms with Crippen molar-refractivity contribution < 1.29 is 9.47 Å². The number of guanidine groups is 1. The van der Waals surface area contributed by atoms with Crippen LogP contribution < -0.4 is 10.6 Å². The van der Waals surface area contributed by atoms with Crippen LogP contribution in [0.5, 0.6) is 0 Å². The minimum absolute atomic E-state index is 0.383. The van der Waals surface area contributed by atoms with Crippen molar-refractivity contribution in [1.82, 2.24) is 15.5 Å². The third-order valence-corrected chi connectivity index (χ3v) is 4.34. The number of ether oxygens (including phenoxy) is 2. The zero-order valence-corrected chi connectivity index (χ0v) is 13.6. The number of nitrogens with zero attached hydrogens (tertiary/aromatic N) is 2. The lowest BCUT2D eigenvalue weighted by Crippen LogP contribution is -2.47. The molecule has 3 unspecified atom stereocenters. The molecule has 0 aromatic heterocycles. The quantitative estimate of drug-likeness (QED) is 0.387. The molecule has 2 saturated heterocycles. The van der Waals surface area contributed by atoms with Crippen molar-refractivity contribution in [3.63, 3.8) is 0 Å². The van der Waals surface area contributed by atoms with Crippen molar-refractivity contribution in [2.24, 2.45) is 4.99 Å². The number of hydrogen-bond donors (Lipinski definition) is 2. The van der Waals surface area contributed by atoms with Gasteiger partial charge in [-0.25, -0.2) is 0 Å². The van der Waals surface area contributed by atoms with Crippen molar-refractivity contribution in [2.45, 2.75) is 43.9 Å². The van der Waals surface area contributed by atoms with Gasteiger partial charge in [-0.2, -0.15) is 0 Å². The van der Waals surface area contributed by atoms with E-state index in [-0.39, 0.29) is 0 Å². The molecule has 2 aliphatic heterocycles. The van der Waals surface area contributed by atoms with E-state index in [2.05, 4.69) is 27.6 Å². The molecule has 0 saturated carbocycles. The molecular weight excluding hydrogens is 268 g/mol. The Morgan fingerprint density at radius 3 is 2.86 bits per heavy atom. The predicted octanol–water partition coefficient (Wildman–Crippen LogP) is 0.440. The van der Waals surface area contributed by atoms with Gasteiger partial charge in [0, 0.05) is 27.2 Å². The Morgan fingerprint density at radius 2 is 2.24 bits per heavy atom. The normalized spacial score (nSPS) is 28.4. The zero-order valence-electron chi connectivity index (χ0n) is 13.6. The van der Waals surface area contributed by atoms with Gasteiger partial charge in [0.2, 0.25) is 0 Å². The van der Waals surface area contributed by atoms with E-state index in [1.165, 1.54) is 12.8 Å². The first kappa shape index (κ1) is 16.5. The van der Waals surface area contributed by atoms with E-state index in [9.17, 15) is 0 Å². The third kappa shape index (κ3) is 5.13.